The van der Waals surface area contributed by atoms with E-state index in [2.05, 4.69) is 11.6 Å². The van der Waals surface area contributed by atoms with Crippen LogP contribution < -0.4 is 0 Å². The molecular weight excluding hydrogens is 157 g/mol. The third kappa shape index (κ3) is 3.06. The molecule has 64 valence electrons. The van der Waals surface area contributed by atoms with Crippen molar-refractivity contribution >= 4 is 5.84 Å². The Morgan fingerprint density at radius 3 is 2.00 bits per heavy atom. The highest BCUT2D eigenvalue weighted by Gasteiger charge is 2.37. The van der Waals surface area contributed by atoms with Gasteiger partial charge in [-0.15, -0.1) is 0 Å². The first kappa shape index (κ1) is 10.0. The van der Waals surface area contributed by atoms with Crippen LogP contribution in [-0.2, 0) is 0 Å². The normalized spacial score (nSPS) is 13.0. The Labute approximate surface area is 63.0 Å². The smallest absolute Gasteiger partial charge is 0.359 e. The lowest BCUT2D eigenvalue weighted by Crippen LogP contribution is -2.35. The second-order valence-electron chi connectivity index (χ2n) is 2.03. The van der Waals surface area contributed by atoms with Crippen molar-refractivity contribution in [3.63, 3.8) is 0 Å². The molecule has 0 atom stereocenters. The van der Waals surface area contributed by atoms with Gasteiger partial charge in [-0.25, -0.2) is 4.99 Å². The molecule has 0 saturated carbocycles. The lowest BCUT2D eigenvalue weighted by Gasteiger charge is -2.16. The Hall–Kier alpha value is -1.00. The van der Waals surface area contributed by atoms with Crippen molar-refractivity contribution in [1.82, 2.24) is 4.90 Å². The Kier molecular flexibility index (Phi) is 3.10. The van der Waals surface area contributed by atoms with E-state index < -0.39 is 12.0 Å². The second-order valence-corrected chi connectivity index (χ2v) is 2.03. The molecule has 0 rings (SSSR count). The molecule has 0 unspecified atom stereocenters. The molecule has 0 aliphatic carbocycles. The highest BCUT2D eigenvalue weighted by atomic mass is 19.4. The molecule has 0 aromatic heterocycles. The summed E-state index contributed by atoms with van der Waals surface area (Å²) in [6, 6.07) is 0. The van der Waals surface area contributed by atoms with Gasteiger partial charge in [0.2, 0.25) is 5.84 Å². The third-order valence-corrected chi connectivity index (χ3v) is 0.891. The van der Waals surface area contributed by atoms with Crippen LogP contribution in [0.2, 0.25) is 0 Å². The summed E-state index contributed by atoms with van der Waals surface area (Å²) >= 11 is 0. The molecule has 0 spiro atoms. The van der Waals surface area contributed by atoms with Crippen LogP contribution >= 0.6 is 0 Å². The van der Waals surface area contributed by atoms with Crippen LogP contribution in [0.4, 0.5) is 13.2 Å². The van der Waals surface area contributed by atoms with Gasteiger partial charge in [-0.2, -0.15) is 13.2 Å². The number of amidine groups is 1. The number of hydrogen-bond donors (Lipinski definition) is 0. The van der Waals surface area contributed by atoms with E-state index in [1.54, 1.807) is 0 Å². The van der Waals surface area contributed by atoms with E-state index in [1.807, 2.05) is 0 Å². The largest absolute Gasteiger partial charge is 0.449 e. The van der Waals surface area contributed by atoms with Crippen LogP contribution in [0.1, 0.15) is 0 Å². The number of nitrogens with zero attached hydrogens (tertiary/aromatic N) is 2. The fraction of sp³-hybridized carbons (Fsp3) is 0.500. The van der Waals surface area contributed by atoms with Crippen molar-refractivity contribution < 1.29 is 13.2 Å². The molecule has 0 bridgehead atoms. The van der Waals surface area contributed by atoms with Crippen LogP contribution in [0.25, 0.3) is 0 Å². The Balaban J connectivity index is 4.62. The van der Waals surface area contributed by atoms with E-state index in [0.29, 0.717) is 0 Å². The first-order valence-corrected chi connectivity index (χ1v) is 2.83. The lowest BCUT2D eigenvalue weighted by molar-refractivity contribution is -0.0667. The fourth-order valence-corrected chi connectivity index (χ4v) is 0.529. The van der Waals surface area contributed by atoms with E-state index in [1.165, 1.54) is 14.1 Å². The average molecular weight is 166 g/mol. The minimum atomic E-state index is -4.41. The van der Waals surface area contributed by atoms with Gasteiger partial charge in [0, 0.05) is 20.3 Å². The molecule has 5 heteroatoms. The van der Waals surface area contributed by atoms with Crippen molar-refractivity contribution in [2.75, 3.05) is 14.1 Å². The summed E-state index contributed by atoms with van der Waals surface area (Å²) in [5, 5.41) is 0. The van der Waals surface area contributed by atoms with Gasteiger partial charge in [0.05, 0.1) is 0 Å². The van der Waals surface area contributed by atoms with Crippen LogP contribution in [-0.4, -0.2) is 31.0 Å². The van der Waals surface area contributed by atoms with Crippen LogP contribution in [0.15, 0.2) is 17.8 Å². The van der Waals surface area contributed by atoms with Gasteiger partial charge in [-0.3, -0.25) is 0 Å². The highest BCUT2D eigenvalue weighted by molar-refractivity contribution is 5.87. The molecule has 0 aliphatic heterocycles. The van der Waals surface area contributed by atoms with Gasteiger partial charge in [0.25, 0.3) is 0 Å². The van der Waals surface area contributed by atoms with E-state index in [4.69, 9.17) is 0 Å². The highest BCUT2D eigenvalue weighted by Crippen LogP contribution is 2.18. The average Bonchev–Trinajstić information content (AvgIpc) is 1.79. The van der Waals surface area contributed by atoms with Gasteiger partial charge < -0.3 is 4.90 Å². The molecular formula is C6H9F3N2. The van der Waals surface area contributed by atoms with E-state index >= 15 is 0 Å². The van der Waals surface area contributed by atoms with Crippen molar-refractivity contribution in [3.05, 3.63) is 12.8 Å². The summed E-state index contributed by atoms with van der Waals surface area (Å²) in [4.78, 5) is 3.97. The van der Waals surface area contributed by atoms with Gasteiger partial charge in [-0.1, -0.05) is 6.58 Å². The van der Waals surface area contributed by atoms with Crippen molar-refractivity contribution in [1.29, 1.82) is 0 Å². The summed E-state index contributed by atoms with van der Waals surface area (Å²) in [6.07, 6.45) is -3.54. The minimum Gasteiger partial charge on any atom is -0.359 e. The Morgan fingerprint density at radius 2 is 1.91 bits per heavy atom. The maximum absolute atomic E-state index is 11.9. The Morgan fingerprint density at radius 1 is 1.45 bits per heavy atom. The summed E-state index contributed by atoms with van der Waals surface area (Å²) in [5.74, 6) is -0.951. The van der Waals surface area contributed by atoms with Crippen LogP contribution in [0.3, 0.4) is 0 Å². The molecule has 0 aliphatic rings. The monoisotopic (exact) mass is 166 g/mol. The molecule has 0 radical (unpaired) electrons. The van der Waals surface area contributed by atoms with Gasteiger partial charge in [-0.05, 0) is 0 Å². The summed E-state index contributed by atoms with van der Waals surface area (Å²) in [7, 11) is 2.55. The Bertz CT molecular complexity index is 169. The summed E-state index contributed by atoms with van der Waals surface area (Å²) in [6.45, 7) is 3.08. The molecule has 2 nitrogen and oxygen atoms in total. The zero-order valence-corrected chi connectivity index (χ0v) is 6.31. The first-order valence-electron chi connectivity index (χ1n) is 2.83. The minimum absolute atomic E-state index is 0.864. The van der Waals surface area contributed by atoms with Gasteiger partial charge >= 0.3 is 6.18 Å². The number of rotatable bonds is 1. The van der Waals surface area contributed by atoms with Gasteiger partial charge in [0.1, 0.15) is 0 Å². The zero-order chi connectivity index (χ0) is 9.07. The van der Waals surface area contributed by atoms with E-state index in [0.717, 1.165) is 11.1 Å². The topological polar surface area (TPSA) is 15.6 Å². The van der Waals surface area contributed by atoms with Crippen LogP contribution in [0.5, 0.6) is 0 Å². The van der Waals surface area contributed by atoms with E-state index in [-0.39, 0.29) is 0 Å². The summed E-state index contributed by atoms with van der Waals surface area (Å²) in [5.41, 5.74) is 0. The maximum atomic E-state index is 11.9. The van der Waals surface area contributed by atoms with E-state index in [9.17, 15) is 13.2 Å². The predicted molar refractivity (Wildman–Crippen MR) is 37.4 cm³/mol. The molecule has 0 heterocycles. The molecule has 0 aromatic carbocycles. The molecule has 0 N–H and O–H groups in total. The second kappa shape index (κ2) is 3.41. The third-order valence-electron chi connectivity index (χ3n) is 0.891. The SMILES string of the molecule is C=CN=C(N(C)C)C(F)(F)F. The molecule has 0 aromatic rings. The number of alkyl halides is 3. The number of hydrogen-bond acceptors (Lipinski definition) is 1. The quantitative estimate of drug-likeness (QED) is 0.427. The molecule has 0 fully saturated rings. The van der Waals surface area contributed by atoms with Crippen LogP contribution in [0, 0.1) is 0 Å². The number of aliphatic imine (C=N–C) groups is 1. The van der Waals surface area contributed by atoms with Crippen molar-refractivity contribution in [2.24, 2.45) is 4.99 Å². The predicted octanol–water partition coefficient (Wildman–Crippen LogP) is 1.65. The van der Waals surface area contributed by atoms with Crippen molar-refractivity contribution in [3.8, 4) is 0 Å². The first-order chi connectivity index (χ1) is 4.89. The molecule has 11 heavy (non-hydrogen) atoms. The van der Waals surface area contributed by atoms with Gasteiger partial charge in [0.15, 0.2) is 0 Å². The maximum Gasteiger partial charge on any atom is 0.449 e. The summed E-state index contributed by atoms with van der Waals surface area (Å²) < 4.78 is 35.8. The molecule has 0 saturated heterocycles. The molecule has 0 amide bonds. The number of halogens is 3. The standard InChI is InChI=1S/C6H9F3N2/c1-4-10-5(11(2)3)6(7,8)9/h4H,1H2,2-3H3. The zero-order valence-electron chi connectivity index (χ0n) is 6.31. The van der Waals surface area contributed by atoms with Crippen molar-refractivity contribution in [2.45, 2.75) is 6.18 Å². The fourth-order valence-electron chi connectivity index (χ4n) is 0.529. The lowest BCUT2D eigenvalue weighted by atomic mass is 10.5.